The molecular weight excluding hydrogens is 436 g/mol. The normalized spacial score (nSPS) is 24.0. The van der Waals surface area contributed by atoms with Gasteiger partial charge in [0, 0.05) is 42.1 Å². The van der Waals surface area contributed by atoms with Gasteiger partial charge >= 0.3 is 0 Å². The van der Waals surface area contributed by atoms with Crippen LogP contribution in [-0.2, 0) is 11.3 Å². The second kappa shape index (κ2) is 7.70. The van der Waals surface area contributed by atoms with Crippen molar-refractivity contribution in [1.82, 2.24) is 4.90 Å². The van der Waals surface area contributed by atoms with Crippen LogP contribution in [0.25, 0.3) is 0 Å². The zero-order valence-electron chi connectivity index (χ0n) is 19.3. The van der Waals surface area contributed by atoms with Crippen molar-refractivity contribution in [1.29, 1.82) is 0 Å². The zero-order valence-corrected chi connectivity index (χ0v) is 19.3. The van der Waals surface area contributed by atoms with Gasteiger partial charge in [-0.2, -0.15) is 0 Å². The highest BCUT2D eigenvalue weighted by molar-refractivity contribution is 6.31. The number of phenolic OH excluding ortho intramolecular Hbond substituents is 2. The molecule has 0 amide bonds. The lowest BCUT2D eigenvalue weighted by molar-refractivity contribution is 0.0967. The van der Waals surface area contributed by atoms with Gasteiger partial charge in [-0.3, -0.25) is 14.5 Å². The maximum atomic E-state index is 13.6. The smallest absolute Gasteiger partial charge is 0.202 e. The number of oxime groups is 1. The summed E-state index contributed by atoms with van der Waals surface area (Å²) in [6.45, 7) is 8.63. The number of methoxy groups -OCH3 is 1. The minimum absolute atomic E-state index is 0.0887. The van der Waals surface area contributed by atoms with E-state index in [0.29, 0.717) is 30.7 Å². The van der Waals surface area contributed by atoms with Crippen molar-refractivity contribution in [3.05, 3.63) is 64.2 Å². The fraction of sp³-hybridized carbons (Fsp3) is 0.346. The molecular formula is C26H26N2O6. The molecule has 2 aromatic rings. The molecule has 2 aliphatic heterocycles. The Morgan fingerprint density at radius 1 is 1.21 bits per heavy atom. The molecule has 2 atom stereocenters. The van der Waals surface area contributed by atoms with Crippen molar-refractivity contribution in [3.8, 4) is 17.2 Å². The molecule has 34 heavy (non-hydrogen) atoms. The van der Waals surface area contributed by atoms with E-state index in [9.17, 15) is 19.8 Å². The Morgan fingerprint density at radius 2 is 1.94 bits per heavy atom. The van der Waals surface area contributed by atoms with Crippen LogP contribution in [0.2, 0.25) is 0 Å². The predicted octanol–water partition coefficient (Wildman–Crippen LogP) is 3.52. The van der Waals surface area contributed by atoms with Gasteiger partial charge in [0.2, 0.25) is 5.78 Å². The first-order valence-corrected chi connectivity index (χ1v) is 11.2. The lowest BCUT2D eigenvalue weighted by Crippen LogP contribution is -2.51. The number of benzene rings is 2. The Morgan fingerprint density at radius 3 is 2.62 bits per heavy atom. The highest BCUT2D eigenvalue weighted by Crippen LogP contribution is 2.56. The summed E-state index contributed by atoms with van der Waals surface area (Å²) in [7, 11) is 1.42. The van der Waals surface area contributed by atoms with Crippen molar-refractivity contribution in [3.63, 3.8) is 0 Å². The van der Waals surface area contributed by atoms with Gasteiger partial charge < -0.3 is 19.8 Å². The third kappa shape index (κ3) is 2.72. The van der Waals surface area contributed by atoms with Gasteiger partial charge in [-0.1, -0.05) is 23.4 Å². The second-order valence-electron chi connectivity index (χ2n) is 8.95. The van der Waals surface area contributed by atoms with E-state index in [0.717, 1.165) is 5.71 Å². The zero-order chi connectivity index (χ0) is 24.4. The molecule has 8 heteroatoms. The molecule has 0 saturated carbocycles. The minimum atomic E-state index is -0.609. The number of nitrogens with zero attached hydrogens (tertiary/aromatic N) is 2. The lowest BCUT2D eigenvalue weighted by Gasteiger charge is -2.43. The van der Waals surface area contributed by atoms with Crippen LogP contribution in [0.5, 0.6) is 17.2 Å². The van der Waals surface area contributed by atoms with Crippen molar-refractivity contribution in [2.45, 2.75) is 38.3 Å². The lowest BCUT2D eigenvalue weighted by atomic mass is 9.76. The van der Waals surface area contributed by atoms with Gasteiger partial charge in [-0.25, -0.2) is 0 Å². The Balaban J connectivity index is 1.77. The highest BCUT2D eigenvalue weighted by Gasteiger charge is 2.55. The summed E-state index contributed by atoms with van der Waals surface area (Å²) in [6, 6.07) is 4.37. The number of ketones is 2. The van der Waals surface area contributed by atoms with E-state index in [4.69, 9.17) is 9.57 Å². The molecule has 3 aliphatic rings. The summed E-state index contributed by atoms with van der Waals surface area (Å²) in [5.41, 5.74) is 0.948. The quantitative estimate of drug-likeness (QED) is 0.339. The van der Waals surface area contributed by atoms with Crippen LogP contribution in [0.3, 0.4) is 0 Å². The van der Waals surface area contributed by atoms with E-state index in [1.807, 2.05) is 13.8 Å². The molecule has 5 rings (SSSR count). The molecule has 8 nitrogen and oxygen atoms in total. The molecule has 176 valence electrons. The first kappa shape index (κ1) is 22.2. The Bertz CT molecular complexity index is 1300. The fourth-order valence-corrected chi connectivity index (χ4v) is 5.73. The molecule has 0 aromatic heterocycles. The van der Waals surface area contributed by atoms with Gasteiger partial charge in [-0.05, 0) is 19.9 Å². The van der Waals surface area contributed by atoms with Crippen LogP contribution in [0.1, 0.15) is 69.3 Å². The van der Waals surface area contributed by atoms with Gasteiger partial charge in [0.1, 0.15) is 23.9 Å². The number of ether oxygens (including phenoxy) is 1. The summed E-state index contributed by atoms with van der Waals surface area (Å²) >= 11 is 0. The van der Waals surface area contributed by atoms with E-state index in [1.165, 1.54) is 13.2 Å². The van der Waals surface area contributed by atoms with Crippen LogP contribution >= 0.6 is 0 Å². The molecule has 2 heterocycles. The van der Waals surface area contributed by atoms with Crippen LogP contribution in [0, 0.1) is 0 Å². The van der Waals surface area contributed by atoms with Crippen LogP contribution < -0.4 is 4.74 Å². The summed E-state index contributed by atoms with van der Waals surface area (Å²) < 4.78 is 5.33. The molecule has 1 saturated heterocycles. The molecule has 2 N–H and O–H groups in total. The van der Waals surface area contributed by atoms with Gasteiger partial charge in [0.05, 0.1) is 35.1 Å². The monoisotopic (exact) mass is 462 g/mol. The first-order valence-electron chi connectivity index (χ1n) is 11.2. The third-order valence-electron chi connectivity index (χ3n) is 7.26. The molecule has 2 aromatic carbocycles. The van der Waals surface area contributed by atoms with Crippen molar-refractivity contribution >= 4 is 17.3 Å². The Hall–Kier alpha value is -3.65. The molecule has 1 aliphatic carbocycles. The number of rotatable bonds is 5. The number of carbonyl (C=O) groups excluding carboxylic acids is 2. The average Bonchev–Trinajstić information content (AvgIpc) is 3.00. The van der Waals surface area contributed by atoms with E-state index in [1.54, 1.807) is 18.2 Å². The molecule has 0 radical (unpaired) electrons. The number of hydrogen-bond donors (Lipinski definition) is 2. The first-order chi connectivity index (χ1) is 16.3. The number of aromatic hydroxyl groups is 2. The maximum absolute atomic E-state index is 13.6. The number of phenols is 2. The molecule has 2 bridgehead atoms. The third-order valence-corrected chi connectivity index (χ3v) is 7.26. The second-order valence-corrected chi connectivity index (χ2v) is 8.95. The minimum Gasteiger partial charge on any atom is -0.507 e. The summed E-state index contributed by atoms with van der Waals surface area (Å²) in [5, 5.41) is 27.2. The average molecular weight is 463 g/mol. The van der Waals surface area contributed by atoms with Crippen molar-refractivity contribution < 1.29 is 29.4 Å². The molecule has 2 unspecified atom stereocenters. The Kier molecular flexibility index (Phi) is 5.02. The van der Waals surface area contributed by atoms with Gasteiger partial charge in [-0.15, -0.1) is 6.58 Å². The SMILES string of the molecule is C=CCN1C2CC(=NOCC)C1(C)Cc1c(O)c3c(c(O)c12)C(=O)c1c(OC)cccc1C3=O. The number of hydrogen-bond acceptors (Lipinski definition) is 8. The van der Waals surface area contributed by atoms with Crippen LogP contribution in [-0.4, -0.2) is 58.2 Å². The number of fused-ring (bicyclic) bond motifs is 6. The number of carbonyl (C=O) groups is 2. The largest absolute Gasteiger partial charge is 0.507 e. The topological polar surface area (TPSA) is 109 Å². The van der Waals surface area contributed by atoms with Gasteiger partial charge in [0.15, 0.2) is 5.78 Å². The standard InChI is InChI=1S/C26H26N2O6/c1-5-10-28-15-11-17(27-34-6-2)26(28,3)12-14-18(15)24(31)21-20(23(14)30)22(29)13-8-7-9-16(33-4)19(13)25(21)32/h5,7-9,15,30-31H,1,6,10-12H2,2-4H3. The highest BCUT2D eigenvalue weighted by atomic mass is 16.6. The van der Waals surface area contributed by atoms with Crippen molar-refractivity contribution in [2.75, 3.05) is 20.3 Å². The molecule has 1 fully saturated rings. The van der Waals surface area contributed by atoms with Crippen LogP contribution in [0.15, 0.2) is 36.0 Å². The Labute approximate surface area is 197 Å². The van der Waals surface area contributed by atoms with E-state index in [2.05, 4.69) is 16.6 Å². The summed E-state index contributed by atoms with van der Waals surface area (Å²) in [6.07, 6.45) is 2.51. The predicted molar refractivity (Wildman–Crippen MR) is 125 cm³/mol. The van der Waals surface area contributed by atoms with Crippen LogP contribution in [0.4, 0.5) is 0 Å². The molecule has 0 spiro atoms. The fourth-order valence-electron chi connectivity index (χ4n) is 5.73. The summed E-state index contributed by atoms with van der Waals surface area (Å²) in [5.74, 6) is -1.38. The van der Waals surface area contributed by atoms with E-state index in [-0.39, 0.29) is 52.0 Å². The summed E-state index contributed by atoms with van der Waals surface area (Å²) in [4.78, 5) is 34.6. The van der Waals surface area contributed by atoms with Crippen molar-refractivity contribution in [2.24, 2.45) is 5.16 Å². The van der Waals surface area contributed by atoms with Gasteiger partial charge in [0.25, 0.3) is 0 Å². The maximum Gasteiger partial charge on any atom is 0.202 e. The van der Waals surface area contributed by atoms with E-state index >= 15 is 0 Å². The van der Waals surface area contributed by atoms with E-state index < -0.39 is 17.1 Å².